The topological polar surface area (TPSA) is 126 Å². The second-order valence-electron chi connectivity index (χ2n) is 13.7. The number of aromatic nitrogens is 2. The van der Waals surface area contributed by atoms with Gasteiger partial charge in [0.2, 0.25) is 11.9 Å². The molecule has 15 heteroatoms. The van der Waals surface area contributed by atoms with E-state index in [0.29, 0.717) is 56.1 Å². The minimum absolute atomic E-state index is 0.00547. The van der Waals surface area contributed by atoms with E-state index >= 15 is 0 Å². The van der Waals surface area contributed by atoms with Gasteiger partial charge in [-0.25, -0.2) is 4.98 Å². The average Bonchev–Trinajstić information content (AvgIpc) is 3.53. The zero-order valence-electron chi connectivity index (χ0n) is 26.7. The number of benzene rings is 2. The second kappa shape index (κ2) is 13.4. The first-order valence-electron chi connectivity index (χ1n) is 16.0. The summed E-state index contributed by atoms with van der Waals surface area (Å²) in [6.45, 7) is 2.95. The Kier molecular flexibility index (Phi) is 9.80. The molecule has 3 atom stereocenters. The van der Waals surface area contributed by atoms with E-state index in [4.69, 9.17) is 33.9 Å². The van der Waals surface area contributed by atoms with Gasteiger partial charge in [-0.15, -0.1) is 0 Å². The summed E-state index contributed by atoms with van der Waals surface area (Å²) < 4.78 is 41.5. The van der Waals surface area contributed by atoms with Gasteiger partial charge in [-0.2, -0.15) is 24.9 Å². The fourth-order valence-electron chi connectivity index (χ4n) is 6.72. The van der Waals surface area contributed by atoms with Crippen LogP contribution >= 0.6 is 35.0 Å². The Morgan fingerprint density at radius 1 is 1.12 bits per heavy atom. The lowest BCUT2D eigenvalue weighted by molar-refractivity contribution is -0.182. The van der Waals surface area contributed by atoms with E-state index in [1.54, 1.807) is 25.1 Å². The largest absolute Gasteiger partial charge is 0.395 e. The Morgan fingerprint density at radius 2 is 1.81 bits per heavy atom. The van der Waals surface area contributed by atoms with Crippen molar-refractivity contribution in [2.45, 2.75) is 57.0 Å². The first-order valence-corrected chi connectivity index (χ1v) is 17.9. The monoisotopic (exact) mass is 726 g/mol. The van der Waals surface area contributed by atoms with Crippen LogP contribution in [0.25, 0.3) is 11.0 Å². The molecule has 2 heterocycles. The van der Waals surface area contributed by atoms with Crippen LogP contribution in [0.4, 0.5) is 30.5 Å². The number of aliphatic hydroxyl groups excluding tert-OH is 1. The van der Waals surface area contributed by atoms with Crippen LogP contribution in [0.15, 0.2) is 24.3 Å². The number of alkyl halides is 3. The number of imidazole rings is 1. The number of aryl methyl sites for hydroxylation is 1. The number of piperidine rings is 1. The lowest BCUT2D eigenvalue weighted by Gasteiger charge is -2.31. The zero-order valence-corrected chi connectivity index (χ0v) is 29.0. The van der Waals surface area contributed by atoms with Gasteiger partial charge in [-0.05, 0) is 74.6 Å². The molecule has 260 valence electrons. The Morgan fingerprint density at radius 3 is 2.44 bits per heavy atom. The van der Waals surface area contributed by atoms with Crippen molar-refractivity contribution in [2.75, 3.05) is 35.7 Å². The van der Waals surface area contributed by atoms with Crippen molar-refractivity contribution in [3.63, 3.8) is 0 Å². The minimum Gasteiger partial charge on any atom is -0.395 e. The number of nitrogens with two attached hydrogens (primary N) is 1. The van der Waals surface area contributed by atoms with Gasteiger partial charge in [0.15, 0.2) is 0 Å². The predicted octanol–water partition coefficient (Wildman–Crippen LogP) is 6.65. The van der Waals surface area contributed by atoms with Gasteiger partial charge < -0.3 is 30.9 Å². The Balaban J connectivity index is 1.25. The molecule has 2 amide bonds. The molecule has 3 aromatic rings. The number of primary amides is 1. The smallest absolute Gasteiger partial charge is 0.391 e. The number of hydrogen-bond donors (Lipinski definition) is 4. The van der Waals surface area contributed by atoms with E-state index in [0.717, 1.165) is 29.9 Å². The quantitative estimate of drug-likeness (QED) is 0.174. The fourth-order valence-corrected chi connectivity index (χ4v) is 8.58. The molecule has 2 aromatic carbocycles. The van der Waals surface area contributed by atoms with Crippen molar-refractivity contribution in [2.24, 2.45) is 36.0 Å². The van der Waals surface area contributed by atoms with Crippen molar-refractivity contribution in [3.8, 4) is 0 Å². The minimum atomic E-state index is -4.21. The highest BCUT2D eigenvalue weighted by molar-refractivity contribution is 7.98. The van der Waals surface area contributed by atoms with E-state index in [1.165, 1.54) is 18.2 Å². The molecule has 0 spiro atoms. The lowest BCUT2D eigenvalue weighted by atomic mass is 9.85. The maximum Gasteiger partial charge on any atom is 0.391 e. The third kappa shape index (κ3) is 7.06. The van der Waals surface area contributed by atoms with Crippen molar-refractivity contribution in [1.29, 1.82) is 0 Å². The number of rotatable bonds is 11. The number of amides is 2. The van der Waals surface area contributed by atoms with Gasteiger partial charge in [0.25, 0.3) is 5.91 Å². The van der Waals surface area contributed by atoms with E-state index in [2.05, 4.69) is 15.5 Å². The van der Waals surface area contributed by atoms with Crippen molar-refractivity contribution in [3.05, 3.63) is 45.4 Å². The summed E-state index contributed by atoms with van der Waals surface area (Å²) in [5, 5.41) is 16.7. The molecule has 5 N–H and O–H groups in total. The molecule has 1 saturated heterocycles. The van der Waals surface area contributed by atoms with Crippen LogP contribution in [0.2, 0.25) is 10.0 Å². The molecular formula is C33H39Cl2F3N6O3S. The molecule has 1 aromatic heterocycles. The number of nitrogens with zero attached hydrogens (tertiary/aromatic N) is 3. The molecule has 6 rings (SSSR count). The highest BCUT2D eigenvalue weighted by Crippen LogP contribution is 2.47. The number of thioether (sulfide) groups is 1. The number of carbonyl (C=O) groups excluding carboxylic acids is 2. The molecule has 0 radical (unpaired) electrons. The second-order valence-corrected chi connectivity index (χ2v) is 15.4. The summed E-state index contributed by atoms with van der Waals surface area (Å²) in [5.74, 6) is 0.194. The summed E-state index contributed by atoms with van der Waals surface area (Å²) >= 11 is 14.8. The normalized spacial score (nSPS) is 23.5. The number of hydrogen-bond acceptors (Lipinski definition) is 7. The number of nitrogens with one attached hydrogen (secondary N) is 2. The molecule has 3 fully saturated rings. The lowest BCUT2D eigenvalue weighted by Crippen LogP contribution is -2.40. The molecule has 3 unspecified atom stereocenters. The van der Waals surface area contributed by atoms with E-state index in [9.17, 15) is 27.9 Å². The van der Waals surface area contributed by atoms with Crippen LogP contribution in [0.3, 0.4) is 0 Å². The molecular weight excluding hydrogens is 688 g/mol. The van der Waals surface area contributed by atoms with Crippen LogP contribution < -0.4 is 21.3 Å². The average molecular weight is 728 g/mol. The molecule has 3 aliphatic rings. The Hall–Kier alpha value is -2.87. The molecule has 9 nitrogen and oxygen atoms in total. The maximum atomic E-state index is 13.7. The van der Waals surface area contributed by atoms with Gasteiger partial charge in [0.05, 0.1) is 56.0 Å². The van der Waals surface area contributed by atoms with Crippen LogP contribution in [0.5, 0.6) is 0 Å². The molecule has 0 bridgehead atoms. The highest BCUT2D eigenvalue weighted by atomic mass is 35.5. The summed E-state index contributed by atoms with van der Waals surface area (Å²) in [6.07, 6.45) is -2.45. The Bertz CT molecular complexity index is 1720. The van der Waals surface area contributed by atoms with Gasteiger partial charge in [0, 0.05) is 37.7 Å². The SMILES string of the molecule is Cn1c(Nc2c(Cl)ccc(CSCC(C)(CO)C(N)=O)c2Cl)nc2cc(C(=O)NC3CCC(C(F)(F)F)CC3)c(N3CC4CC4C3)cc21. The van der Waals surface area contributed by atoms with E-state index in [1.807, 2.05) is 17.7 Å². The first kappa shape index (κ1) is 35.0. The number of carbonyl (C=O) groups is 2. The number of anilines is 3. The molecule has 2 saturated carbocycles. The summed E-state index contributed by atoms with van der Waals surface area (Å²) in [5.41, 5.74) is 8.19. The van der Waals surface area contributed by atoms with Crippen LogP contribution in [-0.4, -0.2) is 64.1 Å². The highest BCUT2D eigenvalue weighted by Gasteiger charge is 2.46. The standard InChI is InChI=1S/C33H39Cl2F3N6O3S/c1-32(15-45,30(39)47)16-48-14-17-3-8-23(34)28(27(17)35)42-31-41-24-10-22(29(46)40-21-6-4-20(5-7-21)33(36,37)38)25(11-26(24)43(31)2)44-12-18-9-19(18)13-44/h3,8,10-11,18-21,45H,4-7,9,12-16H2,1-2H3,(H2,39,47)(H,40,46)(H,41,42). The van der Waals surface area contributed by atoms with Crippen molar-refractivity contribution >= 4 is 75.1 Å². The van der Waals surface area contributed by atoms with Gasteiger partial charge >= 0.3 is 6.18 Å². The summed E-state index contributed by atoms with van der Waals surface area (Å²) in [6, 6.07) is 6.90. The van der Waals surface area contributed by atoms with E-state index < -0.39 is 23.4 Å². The summed E-state index contributed by atoms with van der Waals surface area (Å²) in [7, 11) is 1.85. The first-order chi connectivity index (χ1) is 22.7. The van der Waals surface area contributed by atoms with Crippen LogP contribution in [0.1, 0.15) is 54.9 Å². The van der Waals surface area contributed by atoms with Crippen molar-refractivity contribution in [1.82, 2.24) is 14.9 Å². The Labute approximate surface area is 291 Å². The molecule has 2 aliphatic carbocycles. The third-order valence-corrected chi connectivity index (χ3v) is 12.2. The molecule has 48 heavy (non-hydrogen) atoms. The zero-order chi connectivity index (χ0) is 34.5. The maximum absolute atomic E-state index is 13.7. The third-order valence-electron chi connectivity index (χ3n) is 10.1. The number of halogens is 5. The van der Waals surface area contributed by atoms with Crippen LogP contribution in [-0.2, 0) is 17.6 Å². The van der Waals surface area contributed by atoms with Crippen LogP contribution in [0, 0.1) is 23.2 Å². The number of fused-ring (bicyclic) bond motifs is 2. The van der Waals surface area contributed by atoms with E-state index in [-0.39, 0.29) is 44.2 Å². The predicted molar refractivity (Wildman–Crippen MR) is 184 cm³/mol. The number of aliphatic hydroxyl groups is 1. The van der Waals surface area contributed by atoms with Gasteiger partial charge in [0.1, 0.15) is 0 Å². The molecule has 1 aliphatic heterocycles. The fraction of sp³-hybridized carbons (Fsp3) is 0.545. The van der Waals surface area contributed by atoms with Gasteiger partial charge in [-0.1, -0.05) is 29.3 Å². The van der Waals surface area contributed by atoms with Gasteiger partial charge in [-0.3, -0.25) is 9.59 Å². The van der Waals surface area contributed by atoms with Crippen molar-refractivity contribution < 1.29 is 27.9 Å². The summed E-state index contributed by atoms with van der Waals surface area (Å²) in [4.78, 5) is 32.5.